The molecule has 1 aromatic rings. The van der Waals surface area contributed by atoms with Crippen molar-refractivity contribution in [2.75, 3.05) is 0 Å². The highest BCUT2D eigenvalue weighted by atomic mass is 19.4. The summed E-state index contributed by atoms with van der Waals surface area (Å²) >= 11 is 0. The van der Waals surface area contributed by atoms with Crippen molar-refractivity contribution in [3.8, 4) is 0 Å². The minimum Gasteiger partial charge on any atom is -0.367 e. The van der Waals surface area contributed by atoms with Gasteiger partial charge in [-0.25, -0.2) is 0 Å². The Bertz CT molecular complexity index is 564. The van der Waals surface area contributed by atoms with Crippen LogP contribution in [0.4, 0.5) is 13.2 Å². The highest BCUT2D eigenvalue weighted by Crippen LogP contribution is 2.37. The van der Waals surface area contributed by atoms with E-state index in [1.165, 1.54) is 0 Å². The number of carbonyl (C=O) groups excluding carboxylic acids is 1. The van der Waals surface area contributed by atoms with Crippen LogP contribution in [0.15, 0.2) is 12.3 Å². The molecule has 1 aliphatic heterocycles. The van der Waals surface area contributed by atoms with Gasteiger partial charge >= 0.3 is 6.18 Å². The minimum absolute atomic E-state index is 0.201. The Morgan fingerprint density at radius 1 is 1.45 bits per heavy atom. The number of amides is 1. The van der Waals surface area contributed by atoms with Crippen LogP contribution in [0.3, 0.4) is 0 Å². The lowest BCUT2D eigenvalue weighted by molar-refractivity contribution is -0.141. The van der Waals surface area contributed by atoms with Crippen LogP contribution in [0.2, 0.25) is 0 Å². The number of aromatic nitrogens is 2. The predicted octanol–water partition coefficient (Wildman–Crippen LogP) is 2.36. The van der Waals surface area contributed by atoms with E-state index in [9.17, 15) is 18.0 Å². The van der Waals surface area contributed by atoms with Gasteiger partial charge in [0.2, 0.25) is 5.91 Å². The molecule has 22 heavy (non-hydrogen) atoms. The van der Waals surface area contributed by atoms with Crippen molar-refractivity contribution in [1.82, 2.24) is 15.1 Å². The third-order valence-electron chi connectivity index (χ3n) is 3.65. The van der Waals surface area contributed by atoms with Crippen LogP contribution in [-0.4, -0.2) is 32.9 Å². The standard InChI is InChI=1S/C14H20F3N3O2/c1-12(2)7-10(13(3,4)22-12)18-11(21)8-20-6-5-9(19-20)14(15,16)17/h5-6,10H,7-8H2,1-4H3,(H,18,21). The molecule has 0 radical (unpaired) electrons. The lowest BCUT2D eigenvalue weighted by atomic mass is 9.94. The highest BCUT2D eigenvalue weighted by molar-refractivity contribution is 5.76. The van der Waals surface area contributed by atoms with E-state index >= 15 is 0 Å². The third-order valence-corrected chi connectivity index (χ3v) is 3.65. The van der Waals surface area contributed by atoms with E-state index in [0.29, 0.717) is 6.42 Å². The van der Waals surface area contributed by atoms with Gasteiger partial charge in [-0.3, -0.25) is 9.48 Å². The van der Waals surface area contributed by atoms with E-state index in [1.807, 2.05) is 27.7 Å². The van der Waals surface area contributed by atoms with Gasteiger partial charge in [-0.1, -0.05) is 0 Å². The lowest BCUT2D eigenvalue weighted by Gasteiger charge is -2.27. The van der Waals surface area contributed by atoms with Crippen LogP contribution >= 0.6 is 0 Å². The van der Waals surface area contributed by atoms with Gasteiger partial charge in [-0.15, -0.1) is 0 Å². The normalized spacial score (nSPS) is 23.5. The molecule has 0 aliphatic carbocycles. The molecule has 5 nitrogen and oxygen atoms in total. The van der Waals surface area contributed by atoms with Crippen LogP contribution in [-0.2, 0) is 22.3 Å². The summed E-state index contributed by atoms with van der Waals surface area (Å²) < 4.78 is 44.2. The molecule has 0 spiro atoms. The number of nitrogens with one attached hydrogen (secondary N) is 1. The highest BCUT2D eigenvalue weighted by Gasteiger charge is 2.46. The Morgan fingerprint density at radius 2 is 2.09 bits per heavy atom. The van der Waals surface area contributed by atoms with Crippen molar-refractivity contribution in [2.24, 2.45) is 0 Å². The maximum atomic E-state index is 12.5. The Morgan fingerprint density at radius 3 is 2.55 bits per heavy atom. The summed E-state index contributed by atoms with van der Waals surface area (Å²) in [7, 11) is 0. The molecule has 1 saturated heterocycles. The molecule has 1 aliphatic rings. The van der Waals surface area contributed by atoms with Crippen molar-refractivity contribution in [2.45, 2.75) is 64.1 Å². The van der Waals surface area contributed by atoms with E-state index in [2.05, 4.69) is 10.4 Å². The molecule has 1 fully saturated rings. The summed E-state index contributed by atoms with van der Waals surface area (Å²) in [4.78, 5) is 12.0. The van der Waals surface area contributed by atoms with Gasteiger partial charge in [0, 0.05) is 6.20 Å². The second-order valence-corrected chi connectivity index (χ2v) is 6.69. The SMILES string of the molecule is CC1(C)CC(NC(=O)Cn2ccc(C(F)(F)F)n2)C(C)(C)O1. The average Bonchev–Trinajstić information content (AvgIpc) is 2.80. The Labute approximate surface area is 126 Å². The van der Waals surface area contributed by atoms with Gasteiger partial charge in [-0.2, -0.15) is 18.3 Å². The summed E-state index contributed by atoms with van der Waals surface area (Å²) in [5, 5.41) is 6.18. The van der Waals surface area contributed by atoms with Crippen LogP contribution in [0.1, 0.15) is 39.8 Å². The van der Waals surface area contributed by atoms with E-state index in [-0.39, 0.29) is 18.2 Å². The first kappa shape index (κ1) is 16.8. The Balaban J connectivity index is 1.98. The first-order valence-corrected chi connectivity index (χ1v) is 6.99. The quantitative estimate of drug-likeness (QED) is 0.930. The summed E-state index contributed by atoms with van der Waals surface area (Å²) in [5.41, 5.74) is -1.89. The number of hydrogen-bond donors (Lipinski definition) is 1. The first-order chi connectivity index (χ1) is 9.89. The van der Waals surface area contributed by atoms with Gasteiger partial charge in [-0.05, 0) is 40.2 Å². The molecule has 124 valence electrons. The largest absolute Gasteiger partial charge is 0.435 e. The van der Waals surface area contributed by atoms with Crippen molar-refractivity contribution in [1.29, 1.82) is 0 Å². The maximum absolute atomic E-state index is 12.5. The molecule has 0 aromatic carbocycles. The smallest absolute Gasteiger partial charge is 0.367 e. The van der Waals surface area contributed by atoms with Gasteiger partial charge in [0.05, 0.1) is 17.2 Å². The van der Waals surface area contributed by atoms with Gasteiger partial charge in [0.1, 0.15) is 6.54 Å². The second-order valence-electron chi connectivity index (χ2n) is 6.69. The van der Waals surface area contributed by atoms with Crippen LogP contribution in [0, 0.1) is 0 Å². The van der Waals surface area contributed by atoms with Gasteiger partial charge in [0.25, 0.3) is 0 Å². The zero-order valence-corrected chi connectivity index (χ0v) is 13.0. The van der Waals surface area contributed by atoms with E-state index < -0.39 is 23.4 Å². The fourth-order valence-corrected chi connectivity index (χ4v) is 2.78. The maximum Gasteiger partial charge on any atom is 0.435 e. The third kappa shape index (κ3) is 3.79. The van der Waals surface area contributed by atoms with Crippen LogP contribution in [0.25, 0.3) is 0 Å². The monoisotopic (exact) mass is 319 g/mol. The minimum atomic E-state index is -4.51. The fraction of sp³-hybridized carbons (Fsp3) is 0.714. The molecule has 2 rings (SSSR count). The number of halogens is 3. The van der Waals surface area contributed by atoms with E-state index in [4.69, 9.17) is 4.74 Å². The van der Waals surface area contributed by atoms with Crippen molar-refractivity contribution >= 4 is 5.91 Å². The first-order valence-electron chi connectivity index (χ1n) is 6.99. The number of carbonyl (C=O) groups is 1. The van der Waals surface area contributed by atoms with E-state index in [0.717, 1.165) is 16.9 Å². The second kappa shape index (κ2) is 5.26. The molecular weight excluding hydrogens is 299 g/mol. The number of nitrogens with zero attached hydrogens (tertiary/aromatic N) is 2. The Kier molecular flexibility index (Phi) is 4.01. The zero-order chi connectivity index (χ0) is 16.8. The summed E-state index contributed by atoms with van der Waals surface area (Å²) in [6, 6.07) is 0.645. The number of hydrogen-bond acceptors (Lipinski definition) is 3. The zero-order valence-electron chi connectivity index (χ0n) is 13.0. The van der Waals surface area contributed by atoms with Crippen LogP contribution < -0.4 is 5.32 Å². The van der Waals surface area contributed by atoms with Crippen molar-refractivity contribution in [3.63, 3.8) is 0 Å². The summed E-state index contributed by atoms with van der Waals surface area (Å²) in [5.74, 6) is -0.392. The fourth-order valence-electron chi connectivity index (χ4n) is 2.78. The lowest BCUT2D eigenvalue weighted by Crippen LogP contribution is -2.47. The van der Waals surface area contributed by atoms with Crippen LogP contribution in [0.5, 0.6) is 0 Å². The molecule has 1 aromatic heterocycles. The average molecular weight is 319 g/mol. The van der Waals surface area contributed by atoms with Crippen molar-refractivity contribution in [3.05, 3.63) is 18.0 Å². The molecule has 1 amide bonds. The topological polar surface area (TPSA) is 56.2 Å². The number of ether oxygens (including phenoxy) is 1. The molecular formula is C14H20F3N3O2. The molecule has 0 saturated carbocycles. The number of rotatable bonds is 3. The molecule has 1 unspecified atom stereocenters. The summed E-state index contributed by atoms with van der Waals surface area (Å²) in [6.45, 7) is 7.36. The summed E-state index contributed by atoms with van der Waals surface area (Å²) in [6.07, 6.45) is -2.73. The molecule has 2 heterocycles. The predicted molar refractivity (Wildman–Crippen MR) is 73.0 cm³/mol. The molecule has 1 N–H and O–H groups in total. The molecule has 1 atom stereocenters. The van der Waals surface area contributed by atoms with E-state index in [1.54, 1.807) is 0 Å². The molecule has 0 bridgehead atoms. The number of alkyl halides is 3. The van der Waals surface area contributed by atoms with Crippen molar-refractivity contribution < 1.29 is 22.7 Å². The van der Waals surface area contributed by atoms with Gasteiger partial charge < -0.3 is 10.1 Å². The Hall–Kier alpha value is -1.57. The van der Waals surface area contributed by atoms with Gasteiger partial charge in [0.15, 0.2) is 5.69 Å². The molecule has 8 heteroatoms.